The average Bonchev–Trinajstić information content (AvgIpc) is 3.24. The Labute approximate surface area is 145 Å². The van der Waals surface area contributed by atoms with E-state index in [1.165, 1.54) is 0 Å². The Morgan fingerprint density at radius 1 is 1.28 bits per heavy atom. The molecule has 3 rings (SSSR count). The molecule has 2 heterocycles. The van der Waals surface area contributed by atoms with Crippen molar-refractivity contribution in [3.8, 4) is 17.2 Å². The Hall–Kier alpha value is -3.22. The van der Waals surface area contributed by atoms with Crippen molar-refractivity contribution < 1.29 is 13.9 Å². The van der Waals surface area contributed by atoms with Crippen LogP contribution < -0.4 is 15.4 Å². The minimum atomic E-state index is -0.309. The van der Waals surface area contributed by atoms with Crippen LogP contribution in [0.15, 0.2) is 53.1 Å². The van der Waals surface area contributed by atoms with Crippen molar-refractivity contribution >= 4 is 11.8 Å². The zero-order chi connectivity index (χ0) is 17.6. The van der Waals surface area contributed by atoms with Gasteiger partial charge in [-0.15, -0.1) is 0 Å². The molecule has 2 aromatic heterocycles. The fraction of sp³-hybridized carbons (Fsp3) is 0.222. The topological polar surface area (TPSA) is 81.3 Å². The fourth-order valence-electron chi connectivity index (χ4n) is 2.38. The molecule has 0 saturated carbocycles. The highest BCUT2D eigenvalue weighted by atomic mass is 16.5. The summed E-state index contributed by atoms with van der Waals surface area (Å²) < 4.78 is 12.4. The average molecular weight is 340 g/mol. The molecular formula is C18H20N4O3. The van der Waals surface area contributed by atoms with Crippen LogP contribution in [0, 0.1) is 0 Å². The molecule has 0 aliphatic carbocycles. The summed E-state index contributed by atoms with van der Waals surface area (Å²) in [6.07, 6.45) is 1.58. The minimum Gasteiger partial charge on any atom is -0.494 e. The van der Waals surface area contributed by atoms with Gasteiger partial charge in [0.05, 0.1) is 12.9 Å². The molecule has 1 aromatic carbocycles. The van der Waals surface area contributed by atoms with Gasteiger partial charge in [0.1, 0.15) is 17.3 Å². The summed E-state index contributed by atoms with van der Waals surface area (Å²) in [5.74, 6) is 2.01. The number of rotatable bonds is 6. The number of urea groups is 1. The Bertz CT molecular complexity index is 840. The van der Waals surface area contributed by atoms with Gasteiger partial charge in [-0.25, -0.2) is 4.79 Å². The van der Waals surface area contributed by atoms with E-state index in [2.05, 4.69) is 15.7 Å². The lowest BCUT2D eigenvalue weighted by atomic mass is 10.2. The van der Waals surface area contributed by atoms with Gasteiger partial charge in [0.2, 0.25) is 0 Å². The molecule has 0 aliphatic rings. The molecule has 7 nitrogen and oxygen atoms in total. The van der Waals surface area contributed by atoms with Crippen LogP contribution in [0.25, 0.3) is 11.5 Å². The second kappa shape index (κ2) is 7.57. The molecule has 25 heavy (non-hydrogen) atoms. The van der Waals surface area contributed by atoms with E-state index in [0.29, 0.717) is 30.4 Å². The molecule has 3 aromatic rings. The predicted molar refractivity (Wildman–Crippen MR) is 94.4 cm³/mol. The SMILES string of the molecule is CCOc1cccc(CNC(=O)Nc2cc(-c3ccco3)nn2C)c1. The van der Waals surface area contributed by atoms with Crippen molar-refractivity contribution in [2.75, 3.05) is 11.9 Å². The number of benzene rings is 1. The number of hydrogen-bond donors (Lipinski definition) is 2. The van der Waals surface area contributed by atoms with Gasteiger partial charge in [0.15, 0.2) is 5.76 Å². The van der Waals surface area contributed by atoms with Crippen LogP contribution in [0.2, 0.25) is 0 Å². The summed E-state index contributed by atoms with van der Waals surface area (Å²) in [6, 6.07) is 12.7. The van der Waals surface area contributed by atoms with Gasteiger partial charge in [0, 0.05) is 19.7 Å². The van der Waals surface area contributed by atoms with E-state index in [9.17, 15) is 4.79 Å². The zero-order valence-electron chi connectivity index (χ0n) is 14.2. The smallest absolute Gasteiger partial charge is 0.320 e. The predicted octanol–water partition coefficient (Wildman–Crippen LogP) is 3.40. The molecule has 0 spiro atoms. The van der Waals surface area contributed by atoms with Crippen LogP contribution >= 0.6 is 0 Å². The summed E-state index contributed by atoms with van der Waals surface area (Å²) in [7, 11) is 1.76. The Kier molecular flexibility index (Phi) is 5.03. The maximum atomic E-state index is 12.1. The molecule has 2 amide bonds. The molecular weight excluding hydrogens is 320 g/mol. The third kappa shape index (κ3) is 4.20. The number of carbonyl (C=O) groups is 1. The van der Waals surface area contributed by atoms with Crippen molar-refractivity contribution in [2.45, 2.75) is 13.5 Å². The standard InChI is InChI=1S/C18H20N4O3/c1-3-24-14-7-4-6-13(10-14)12-19-18(23)20-17-11-15(21-22(17)2)16-8-5-9-25-16/h4-11H,3,12H2,1-2H3,(H2,19,20,23). The normalized spacial score (nSPS) is 10.5. The number of anilines is 1. The van der Waals surface area contributed by atoms with Crippen LogP contribution in [0.4, 0.5) is 10.6 Å². The first kappa shape index (κ1) is 16.6. The van der Waals surface area contributed by atoms with E-state index in [0.717, 1.165) is 11.3 Å². The first-order valence-corrected chi connectivity index (χ1v) is 8.00. The molecule has 130 valence electrons. The van der Waals surface area contributed by atoms with E-state index in [1.54, 1.807) is 30.1 Å². The first-order chi connectivity index (χ1) is 12.2. The largest absolute Gasteiger partial charge is 0.494 e. The van der Waals surface area contributed by atoms with E-state index >= 15 is 0 Å². The van der Waals surface area contributed by atoms with Crippen LogP contribution in [0.3, 0.4) is 0 Å². The van der Waals surface area contributed by atoms with Gasteiger partial charge in [-0.1, -0.05) is 12.1 Å². The number of ether oxygens (including phenoxy) is 1. The van der Waals surface area contributed by atoms with E-state index < -0.39 is 0 Å². The van der Waals surface area contributed by atoms with Gasteiger partial charge in [-0.3, -0.25) is 10.00 Å². The third-order valence-electron chi connectivity index (χ3n) is 3.56. The summed E-state index contributed by atoms with van der Waals surface area (Å²) in [5.41, 5.74) is 1.62. The summed E-state index contributed by atoms with van der Waals surface area (Å²) in [6.45, 7) is 2.94. The Balaban J connectivity index is 1.59. The Morgan fingerprint density at radius 2 is 2.16 bits per heavy atom. The Morgan fingerprint density at radius 3 is 2.92 bits per heavy atom. The molecule has 0 atom stereocenters. The molecule has 0 aliphatic heterocycles. The second-order valence-electron chi connectivity index (χ2n) is 5.40. The number of nitrogens with one attached hydrogen (secondary N) is 2. The number of aromatic nitrogens is 2. The van der Waals surface area contributed by atoms with E-state index in [4.69, 9.17) is 9.15 Å². The van der Waals surface area contributed by atoms with Gasteiger partial charge >= 0.3 is 6.03 Å². The number of hydrogen-bond acceptors (Lipinski definition) is 4. The zero-order valence-corrected chi connectivity index (χ0v) is 14.2. The van der Waals surface area contributed by atoms with Crippen molar-refractivity contribution in [2.24, 2.45) is 7.05 Å². The van der Waals surface area contributed by atoms with Crippen LogP contribution in [-0.2, 0) is 13.6 Å². The number of nitrogens with zero attached hydrogens (tertiary/aromatic N) is 2. The van der Waals surface area contributed by atoms with Crippen LogP contribution in [0.1, 0.15) is 12.5 Å². The van der Waals surface area contributed by atoms with Crippen LogP contribution in [-0.4, -0.2) is 22.4 Å². The second-order valence-corrected chi connectivity index (χ2v) is 5.40. The molecule has 0 radical (unpaired) electrons. The molecule has 0 saturated heterocycles. The molecule has 0 fully saturated rings. The highest BCUT2D eigenvalue weighted by Gasteiger charge is 2.11. The molecule has 0 bridgehead atoms. The van der Waals surface area contributed by atoms with Crippen molar-refractivity contribution in [1.29, 1.82) is 0 Å². The molecule has 2 N–H and O–H groups in total. The molecule has 7 heteroatoms. The van der Waals surface area contributed by atoms with Crippen molar-refractivity contribution in [3.05, 3.63) is 54.3 Å². The van der Waals surface area contributed by atoms with Gasteiger partial charge < -0.3 is 14.5 Å². The molecule has 0 unspecified atom stereocenters. The van der Waals surface area contributed by atoms with Gasteiger partial charge in [0.25, 0.3) is 0 Å². The highest BCUT2D eigenvalue weighted by Crippen LogP contribution is 2.21. The third-order valence-corrected chi connectivity index (χ3v) is 3.56. The summed E-state index contributed by atoms with van der Waals surface area (Å²) >= 11 is 0. The number of aryl methyl sites for hydroxylation is 1. The van der Waals surface area contributed by atoms with Crippen molar-refractivity contribution in [3.63, 3.8) is 0 Å². The van der Waals surface area contributed by atoms with E-state index in [1.807, 2.05) is 37.3 Å². The summed E-state index contributed by atoms with van der Waals surface area (Å²) in [4.78, 5) is 12.1. The van der Waals surface area contributed by atoms with Crippen LogP contribution in [0.5, 0.6) is 5.75 Å². The number of furan rings is 1. The quantitative estimate of drug-likeness (QED) is 0.720. The first-order valence-electron chi connectivity index (χ1n) is 8.00. The summed E-state index contributed by atoms with van der Waals surface area (Å²) in [5, 5.41) is 9.92. The van der Waals surface area contributed by atoms with E-state index in [-0.39, 0.29) is 6.03 Å². The number of carbonyl (C=O) groups excluding carboxylic acids is 1. The maximum absolute atomic E-state index is 12.1. The monoisotopic (exact) mass is 340 g/mol. The fourth-order valence-corrected chi connectivity index (χ4v) is 2.38. The van der Waals surface area contributed by atoms with Crippen molar-refractivity contribution in [1.82, 2.24) is 15.1 Å². The lowest BCUT2D eigenvalue weighted by Gasteiger charge is -2.09. The van der Waals surface area contributed by atoms with Gasteiger partial charge in [-0.05, 0) is 36.8 Å². The lowest BCUT2D eigenvalue weighted by molar-refractivity contribution is 0.251. The number of amides is 2. The maximum Gasteiger partial charge on any atom is 0.320 e. The van der Waals surface area contributed by atoms with Gasteiger partial charge in [-0.2, -0.15) is 5.10 Å². The lowest BCUT2D eigenvalue weighted by Crippen LogP contribution is -2.29. The highest BCUT2D eigenvalue weighted by molar-refractivity contribution is 5.88. The minimum absolute atomic E-state index is 0.309.